The van der Waals surface area contributed by atoms with E-state index >= 15 is 0 Å². The number of aryl methyl sites for hydroxylation is 2. The van der Waals surface area contributed by atoms with Gasteiger partial charge >= 0.3 is 0 Å². The Balaban J connectivity index is 1.93. The van der Waals surface area contributed by atoms with Gasteiger partial charge in [0.25, 0.3) is 5.69 Å². The maximum atomic E-state index is 10.7. The molecule has 2 aromatic rings. The molecule has 2 rings (SSSR count). The van der Waals surface area contributed by atoms with Crippen molar-refractivity contribution in [1.29, 1.82) is 0 Å². The average Bonchev–Trinajstić information content (AvgIpc) is 2.75. The predicted octanol–water partition coefficient (Wildman–Crippen LogP) is 1.69. The maximum Gasteiger partial charge on any atom is 0.290 e. The lowest BCUT2D eigenvalue weighted by Crippen LogP contribution is -2.07. The van der Waals surface area contributed by atoms with Gasteiger partial charge in [-0.25, -0.2) is 4.98 Å². The first kappa shape index (κ1) is 13.0. The second-order valence-electron chi connectivity index (χ2n) is 4.26. The summed E-state index contributed by atoms with van der Waals surface area (Å²) in [6, 6.07) is 3.09. The van der Waals surface area contributed by atoms with Crippen LogP contribution in [0.5, 0.6) is 0 Å². The van der Waals surface area contributed by atoms with E-state index < -0.39 is 4.92 Å². The van der Waals surface area contributed by atoms with Gasteiger partial charge in [-0.05, 0) is 25.0 Å². The molecule has 0 atom stereocenters. The minimum atomic E-state index is -0.429. The maximum absolute atomic E-state index is 10.7. The van der Waals surface area contributed by atoms with Gasteiger partial charge in [0.15, 0.2) is 0 Å². The molecular weight excluding hydrogens is 246 g/mol. The van der Waals surface area contributed by atoms with E-state index in [0.717, 1.165) is 12.0 Å². The summed E-state index contributed by atoms with van der Waals surface area (Å²) in [4.78, 5) is 14.4. The van der Waals surface area contributed by atoms with Gasteiger partial charge in [0.1, 0.15) is 11.5 Å². The number of nitro groups is 1. The monoisotopic (exact) mass is 261 g/mol. The van der Waals surface area contributed by atoms with Crippen LogP contribution in [-0.2, 0) is 13.5 Å². The first-order chi connectivity index (χ1) is 9.06. The minimum absolute atomic E-state index is 0.0396. The standard InChI is InChI=1S/C12H15N5O2/c1-9-11(17(18)19)3-4-12(15-9)13-6-5-10-7-14-16(2)8-10/h3-4,7-8H,5-6H2,1-2H3,(H,13,15). The molecule has 7 nitrogen and oxygen atoms in total. The first-order valence-corrected chi connectivity index (χ1v) is 5.89. The number of hydrogen-bond donors (Lipinski definition) is 1. The second kappa shape index (κ2) is 5.47. The van der Waals surface area contributed by atoms with E-state index in [1.165, 1.54) is 6.07 Å². The molecular formula is C12H15N5O2. The molecule has 0 fully saturated rings. The molecule has 1 N–H and O–H groups in total. The fourth-order valence-corrected chi connectivity index (χ4v) is 1.78. The lowest BCUT2D eigenvalue weighted by molar-refractivity contribution is -0.385. The molecule has 2 heterocycles. The number of pyridine rings is 1. The van der Waals surface area contributed by atoms with Crippen molar-refractivity contribution in [3.05, 3.63) is 45.9 Å². The Morgan fingerprint density at radius 1 is 1.47 bits per heavy atom. The van der Waals surface area contributed by atoms with Crippen molar-refractivity contribution in [2.75, 3.05) is 11.9 Å². The zero-order valence-electron chi connectivity index (χ0n) is 10.8. The smallest absolute Gasteiger partial charge is 0.290 e. The Morgan fingerprint density at radius 2 is 2.26 bits per heavy atom. The van der Waals surface area contributed by atoms with Crippen molar-refractivity contribution < 1.29 is 4.92 Å². The second-order valence-corrected chi connectivity index (χ2v) is 4.26. The molecule has 0 radical (unpaired) electrons. The summed E-state index contributed by atoms with van der Waals surface area (Å²) in [5, 5.41) is 17.9. The van der Waals surface area contributed by atoms with Gasteiger partial charge in [0.2, 0.25) is 0 Å². The molecule has 0 spiro atoms. The number of aromatic nitrogens is 3. The summed E-state index contributed by atoms with van der Waals surface area (Å²) in [7, 11) is 1.87. The zero-order chi connectivity index (χ0) is 13.8. The van der Waals surface area contributed by atoms with Crippen molar-refractivity contribution >= 4 is 11.5 Å². The normalized spacial score (nSPS) is 10.4. The summed E-state index contributed by atoms with van der Waals surface area (Å²) >= 11 is 0. The number of hydrogen-bond acceptors (Lipinski definition) is 5. The van der Waals surface area contributed by atoms with Crippen molar-refractivity contribution in [2.45, 2.75) is 13.3 Å². The van der Waals surface area contributed by atoms with Gasteiger partial charge in [-0.2, -0.15) is 5.10 Å². The molecule has 0 aromatic carbocycles. The van der Waals surface area contributed by atoms with Crippen LogP contribution in [-0.4, -0.2) is 26.2 Å². The molecule has 0 unspecified atom stereocenters. The van der Waals surface area contributed by atoms with E-state index in [1.807, 2.05) is 19.4 Å². The third-order valence-electron chi connectivity index (χ3n) is 2.73. The van der Waals surface area contributed by atoms with Gasteiger partial charge in [0.05, 0.1) is 11.1 Å². The number of nitrogens with zero attached hydrogens (tertiary/aromatic N) is 4. The molecule has 0 aliphatic heterocycles. The van der Waals surface area contributed by atoms with E-state index in [9.17, 15) is 10.1 Å². The van der Waals surface area contributed by atoms with Crippen molar-refractivity contribution in [3.63, 3.8) is 0 Å². The highest BCUT2D eigenvalue weighted by Gasteiger charge is 2.11. The average molecular weight is 261 g/mol. The fraction of sp³-hybridized carbons (Fsp3) is 0.333. The van der Waals surface area contributed by atoms with E-state index in [1.54, 1.807) is 17.7 Å². The van der Waals surface area contributed by atoms with E-state index in [-0.39, 0.29) is 5.69 Å². The Kier molecular flexibility index (Phi) is 3.74. The summed E-state index contributed by atoms with van der Waals surface area (Å²) in [6.07, 6.45) is 4.60. The van der Waals surface area contributed by atoms with Crippen molar-refractivity contribution in [3.8, 4) is 0 Å². The summed E-state index contributed by atoms with van der Waals surface area (Å²) in [5.74, 6) is 0.645. The molecule has 0 saturated carbocycles. The summed E-state index contributed by atoms with van der Waals surface area (Å²) in [6.45, 7) is 2.33. The number of rotatable bonds is 5. The molecule has 19 heavy (non-hydrogen) atoms. The largest absolute Gasteiger partial charge is 0.370 e. The summed E-state index contributed by atoms with van der Waals surface area (Å²) < 4.78 is 1.75. The van der Waals surface area contributed by atoms with Crippen LogP contribution < -0.4 is 5.32 Å². The Labute approximate surface area is 110 Å². The highest BCUT2D eigenvalue weighted by Crippen LogP contribution is 2.17. The van der Waals surface area contributed by atoms with Gasteiger partial charge in [-0.3, -0.25) is 14.8 Å². The van der Waals surface area contributed by atoms with Crippen molar-refractivity contribution in [1.82, 2.24) is 14.8 Å². The zero-order valence-corrected chi connectivity index (χ0v) is 10.8. The minimum Gasteiger partial charge on any atom is -0.370 e. The van der Waals surface area contributed by atoms with E-state index in [4.69, 9.17) is 0 Å². The fourth-order valence-electron chi connectivity index (χ4n) is 1.78. The van der Waals surface area contributed by atoms with Crippen LogP contribution in [0.4, 0.5) is 11.5 Å². The van der Waals surface area contributed by atoms with Gasteiger partial charge < -0.3 is 5.32 Å². The van der Waals surface area contributed by atoms with Crippen LogP contribution >= 0.6 is 0 Å². The van der Waals surface area contributed by atoms with Crippen LogP contribution in [0.25, 0.3) is 0 Å². The number of nitrogens with one attached hydrogen (secondary N) is 1. The lowest BCUT2D eigenvalue weighted by atomic mass is 10.2. The molecule has 0 saturated heterocycles. The molecule has 0 aliphatic carbocycles. The third-order valence-corrected chi connectivity index (χ3v) is 2.73. The van der Waals surface area contributed by atoms with E-state index in [2.05, 4.69) is 15.4 Å². The third kappa shape index (κ3) is 3.27. The number of anilines is 1. The van der Waals surface area contributed by atoms with Crippen LogP contribution in [0.3, 0.4) is 0 Å². The predicted molar refractivity (Wildman–Crippen MR) is 71.0 cm³/mol. The first-order valence-electron chi connectivity index (χ1n) is 5.89. The van der Waals surface area contributed by atoms with Gasteiger partial charge in [-0.1, -0.05) is 0 Å². The van der Waals surface area contributed by atoms with Crippen molar-refractivity contribution in [2.24, 2.45) is 7.05 Å². The highest BCUT2D eigenvalue weighted by molar-refractivity contribution is 5.44. The Morgan fingerprint density at radius 3 is 2.84 bits per heavy atom. The SMILES string of the molecule is Cc1nc(NCCc2cnn(C)c2)ccc1[N+](=O)[O-]. The molecule has 0 bridgehead atoms. The lowest BCUT2D eigenvalue weighted by Gasteiger charge is -2.05. The van der Waals surface area contributed by atoms with Crippen LogP contribution in [0, 0.1) is 17.0 Å². The van der Waals surface area contributed by atoms with Gasteiger partial charge in [-0.15, -0.1) is 0 Å². The Hall–Kier alpha value is -2.44. The summed E-state index contributed by atoms with van der Waals surface area (Å²) in [5.41, 5.74) is 1.59. The molecule has 0 amide bonds. The van der Waals surface area contributed by atoms with Crippen LogP contribution in [0.15, 0.2) is 24.5 Å². The molecule has 2 aromatic heterocycles. The molecule has 100 valence electrons. The molecule has 0 aliphatic rings. The Bertz CT molecular complexity index is 594. The highest BCUT2D eigenvalue weighted by atomic mass is 16.6. The van der Waals surface area contributed by atoms with Crippen LogP contribution in [0.1, 0.15) is 11.3 Å². The quantitative estimate of drug-likeness (QED) is 0.653. The topological polar surface area (TPSA) is 85.9 Å². The van der Waals surface area contributed by atoms with Gasteiger partial charge in [0, 0.05) is 25.9 Å². The molecule has 7 heteroatoms. The van der Waals surface area contributed by atoms with Crippen LogP contribution in [0.2, 0.25) is 0 Å². The van der Waals surface area contributed by atoms with E-state index in [0.29, 0.717) is 18.1 Å².